The van der Waals surface area contributed by atoms with Crippen molar-refractivity contribution in [3.8, 4) is 11.5 Å². The molecule has 2 N–H and O–H groups in total. The molecule has 1 atom stereocenters. The van der Waals surface area contributed by atoms with Gasteiger partial charge in [0.15, 0.2) is 11.6 Å². The van der Waals surface area contributed by atoms with Crippen LogP contribution in [0.3, 0.4) is 0 Å². The van der Waals surface area contributed by atoms with Crippen molar-refractivity contribution in [3.63, 3.8) is 0 Å². The van der Waals surface area contributed by atoms with Gasteiger partial charge in [-0.25, -0.2) is 4.39 Å². The van der Waals surface area contributed by atoms with Crippen LogP contribution >= 0.6 is 0 Å². The van der Waals surface area contributed by atoms with Crippen LogP contribution in [-0.2, 0) is 0 Å². The molecule has 0 radical (unpaired) electrons. The average Bonchev–Trinajstić information content (AvgIpc) is 2.42. The summed E-state index contributed by atoms with van der Waals surface area (Å²) in [5.74, 6) is -0.105. The van der Waals surface area contributed by atoms with Gasteiger partial charge < -0.3 is 10.5 Å². The van der Waals surface area contributed by atoms with Crippen LogP contribution in [0.5, 0.6) is 11.5 Å². The van der Waals surface area contributed by atoms with E-state index in [0.29, 0.717) is 16.9 Å². The van der Waals surface area contributed by atoms with Crippen molar-refractivity contribution in [3.05, 3.63) is 63.5 Å². The maximum absolute atomic E-state index is 13.9. The molecule has 0 aliphatic heterocycles. The van der Waals surface area contributed by atoms with Crippen molar-refractivity contribution >= 4 is 5.69 Å². The number of nitrogens with zero attached hydrogens (tertiary/aromatic N) is 1. The van der Waals surface area contributed by atoms with E-state index >= 15 is 0 Å². The Morgan fingerprint density at radius 1 is 1.24 bits per heavy atom. The minimum absolute atomic E-state index is 0.0346. The zero-order valence-corrected chi connectivity index (χ0v) is 11.7. The summed E-state index contributed by atoms with van der Waals surface area (Å²) in [5, 5.41) is 10.7. The predicted molar refractivity (Wildman–Crippen MR) is 76.9 cm³/mol. The third-order valence-electron chi connectivity index (χ3n) is 3.07. The van der Waals surface area contributed by atoms with Crippen LogP contribution < -0.4 is 10.5 Å². The first-order valence-electron chi connectivity index (χ1n) is 6.36. The number of rotatable bonds is 4. The van der Waals surface area contributed by atoms with Gasteiger partial charge in [0, 0.05) is 18.2 Å². The van der Waals surface area contributed by atoms with Crippen molar-refractivity contribution in [1.82, 2.24) is 0 Å². The van der Waals surface area contributed by atoms with Gasteiger partial charge in [-0.1, -0.05) is 6.07 Å². The Kier molecular flexibility index (Phi) is 4.18. The van der Waals surface area contributed by atoms with Crippen molar-refractivity contribution in [2.24, 2.45) is 5.73 Å². The molecule has 0 saturated carbocycles. The number of nitrogens with two attached hydrogens (primary N) is 1. The monoisotopic (exact) mass is 290 g/mol. The molecule has 0 fully saturated rings. The van der Waals surface area contributed by atoms with E-state index in [1.165, 1.54) is 30.3 Å². The molecule has 0 bridgehead atoms. The maximum atomic E-state index is 13.9. The zero-order chi connectivity index (χ0) is 15.6. The van der Waals surface area contributed by atoms with E-state index in [4.69, 9.17) is 10.5 Å². The fraction of sp³-hybridized carbons (Fsp3) is 0.200. The molecule has 0 aliphatic rings. The molecule has 2 aromatic carbocycles. The van der Waals surface area contributed by atoms with Gasteiger partial charge in [0.05, 0.1) is 4.92 Å². The van der Waals surface area contributed by atoms with Gasteiger partial charge in [-0.05, 0) is 43.2 Å². The van der Waals surface area contributed by atoms with Crippen molar-refractivity contribution in [2.45, 2.75) is 19.9 Å². The Balaban J connectivity index is 2.28. The Bertz CT molecular complexity index is 687. The van der Waals surface area contributed by atoms with E-state index in [0.717, 1.165) is 0 Å². The Morgan fingerprint density at radius 3 is 2.43 bits per heavy atom. The quantitative estimate of drug-likeness (QED) is 0.685. The molecule has 21 heavy (non-hydrogen) atoms. The number of halogens is 1. The molecule has 0 aliphatic carbocycles. The molecule has 0 aromatic heterocycles. The second-order valence-corrected chi connectivity index (χ2v) is 4.79. The molecule has 1 unspecified atom stereocenters. The predicted octanol–water partition coefficient (Wildman–Crippen LogP) is 3.85. The second-order valence-electron chi connectivity index (χ2n) is 4.79. The summed E-state index contributed by atoms with van der Waals surface area (Å²) < 4.78 is 19.4. The molecule has 2 rings (SSSR count). The lowest BCUT2D eigenvalue weighted by Gasteiger charge is -2.11. The number of benzene rings is 2. The van der Waals surface area contributed by atoms with Gasteiger partial charge in [-0.3, -0.25) is 10.1 Å². The third kappa shape index (κ3) is 3.35. The summed E-state index contributed by atoms with van der Waals surface area (Å²) in [5.41, 5.74) is 6.87. The highest BCUT2D eigenvalue weighted by atomic mass is 19.1. The molecular weight excluding hydrogens is 275 g/mol. The standard InChI is InChI=1S/C15H15FN2O3/c1-9-7-12(18(19)20)4-6-14(9)21-15-5-3-11(10(2)17)8-13(15)16/h3-8,10H,17H2,1-2H3. The topological polar surface area (TPSA) is 78.4 Å². The van der Waals surface area contributed by atoms with E-state index in [1.807, 2.05) is 0 Å². The number of non-ortho nitro benzene ring substituents is 1. The van der Waals surface area contributed by atoms with Crippen LogP contribution in [0.1, 0.15) is 24.1 Å². The molecule has 6 heteroatoms. The summed E-state index contributed by atoms with van der Waals surface area (Å²) >= 11 is 0. The second kappa shape index (κ2) is 5.88. The minimum atomic E-state index is -0.525. The lowest BCUT2D eigenvalue weighted by Crippen LogP contribution is -2.05. The van der Waals surface area contributed by atoms with Gasteiger partial charge in [0.1, 0.15) is 5.75 Å². The summed E-state index contributed by atoms with van der Waals surface area (Å²) in [6.07, 6.45) is 0. The minimum Gasteiger partial charge on any atom is -0.454 e. The van der Waals surface area contributed by atoms with Crippen LogP contribution in [0.4, 0.5) is 10.1 Å². The zero-order valence-electron chi connectivity index (χ0n) is 11.7. The number of ether oxygens (including phenoxy) is 1. The Morgan fingerprint density at radius 2 is 1.90 bits per heavy atom. The molecular formula is C15H15FN2O3. The highest BCUT2D eigenvalue weighted by molar-refractivity contribution is 5.45. The number of hydrogen-bond acceptors (Lipinski definition) is 4. The first kappa shape index (κ1) is 14.9. The van der Waals surface area contributed by atoms with Crippen LogP contribution in [-0.4, -0.2) is 4.92 Å². The van der Waals surface area contributed by atoms with Crippen LogP contribution in [0.2, 0.25) is 0 Å². The normalized spacial score (nSPS) is 12.0. The molecule has 2 aromatic rings. The van der Waals surface area contributed by atoms with Gasteiger partial charge in [0.25, 0.3) is 5.69 Å². The van der Waals surface area contributed by atoms with Gasteiger partial charge in [-0.2, -0.15) is 0 Å². The lowest BCUT2D eigenvalue weighted by molar-refractivity contribution is -0.384. The Hall–Kier alpha value is -2.47. The summed E-state index contributed by atoms with van der Waals surface area (Å²) in [7, 11) is 0. The van der Waals surface area contributed by atoms with E-state index in [2.05, 4.69) is 0 Å². The third-order valence-corrected chi connectivity index (χ3v) is 3.07. The van der Waals surface area contributed by atoms with E-state index in [9.17, 15) is 14.5 Å². The molecule has 0 heterocycles. The fourth-order valence-corrected chi connectivity index (χ4v) is 1.86. The molecule has 5 nitrogen and oxygen atoms in total. The smallest absolute Gasteiger partial charge is 0.269 e. The van der Waals surface area contributed by atoms with E-state index in [1.54, 1.807) is 19.9 Å². The number of nitro groups is 1. The number of nitro benzene ring substituents is 1. The molecule has 0 saturated heterocycles. The molecule has 110 valence electrons. The van der Waals surface area contributed by atoms with Crippen molar-refractivity contribution in [1.29, 1.82) is 0 Å². The molecule has 0 spiro atoms. The van der Waals surface area contributed by atoms with Crippen molar-refractivity contribution in [2.75, 3.05) is 0 Å². The van der Waals surface area contributed by atoms with Gasteiger partial charge in [0.2, 0.25) is 0 Å². The Labute approximate surface area is 121 Å². The van der Waals surface area contributed by atoms with Crippen LogP contribution in [0.15, 0.2) is 36.4 Å². The van der Waals surface area contributed by atoms with E-state index < -0.39 is 10.7 Å². The number of aryl methyl sites for hydroxylation is 1. The maximum Gasteiger partial charge on any atom is 0.269 e. The summed E-state index contributed by atoms with van der Waals surface area (Å²) in [6, 6.07) is 8.38. The van der Waals surface area contributed by atoms with Crippen LogP contribution in [0, 0.1) is 22.9 Å². The summed E-state index contributed by atoms with van der Waals surface area (Å²) in [6.45, 7) is 3.42. The number of hydrogen-bond donors (Lipinski definition) is 1. The first-order valence-corrected chi connectivity index (χ1v) is 6.36. The van der Waals surface area contributed by atoms with E-state index in [-0.39, 0.29) is 17.5 Å². The fourth-order valence-electron chi connectivity index (χ4n) is 1.86. The average molecular weight is 290 g/mol. The van der Waals surface area contributed by atoms with Gasteiger partial charge >= 0.3 is 0 Å². The first-order chi connectivity index (χ1) is 9.88. The SMILES string of the molecule is Cc1cc([N+](=O)[O-])ccc1Oc1ccc(C(C)N)cc1F. The lowest BCUT2D eigenvalue weighted by atomic mass is 10.1. The highest BCUT2D eigenvalue weighted by Gasteiger charge is 2.12. The van der Waals surface area contributed by atoms with Crippen molar-refractivity contribution < 1.29 is 14.1 Å². The largest absolute Gasteiger partial charge is 0.454 e. The van der Waals surface area contributed by atoms with Crippen LogP contribution in [0.25, 0.3) is 0 Å². The highest BCUT2D eigenvalue weighted by Crippen LogP contribution is 2.30. The van der Waals surface area contributed by atoms with Gasteiger partial charge in [-0.15, -0.1) is 0 Å². The summed E-state index contributed by atoms with van der Waals surface area (Å²) in [4.78, 5) is 10.2. The molecule has 0 amide bonds.